The first-order chi connectivity index (χ1) is 13.6. The van der Waals surface area contributed by atoms with Crippen LogP contribution in [0.5, 0.6) is 0 Å². The van der Waals surface area contributed by atoms with Crippen molar-refractivity contribution in [3.8, 4) is 0 Å². The largest absolute Gasteiger partial charge is 0.501 e. The Morgan fingerprint density at radius 2 is 1.41 bits per heavy atom. The van der Waals surface area contributed by atoms with E-state index in [2.05, 4.69) is 0 Å². The number of likely N-dealkylation sites (tertiary alicyclic amines) is 1. The van der Waals surface area contributed by atoms with E-state index in [-0.39, 0.29) is 17.4 Å². The molecule has 0 spiro atoms. The molecule has 0 N–H and O–H groups in total. The molecule has 29 heavy (non-hydrogen) atoms. The highest BCUT2D eigenvalue weighted by Gasteiger charge is 2.46. The van der Waals surface area contributed by atoms with Gasteiger partial charge in [-0.25, -0.2) is 8.42 Å². The van der Waals surface area contributed by atoms with Gasteiger partial charge in [0.05, 0.1) is 11.4 Å². The van der Waals surface area contributed by atoms with E-state index in [9.17, 15) is 31.2 Å². The Morgan fingerprint density at radius 1 is 0.862 bits per heavy atom. The Balaban J connectivity index is 1.56. The number of piperazine rings is 1. The minimum absolute atomic E-state index is 0.0868. The van der Waals surface area contributed by atoms with Gasteiger partial charge in [0, 0.05) is 44.8 Å². The molecule has 2 amide bonds. The number of carbonyl (C=O) groups is 2. The van der Waals surface area contributed by atoms with Gasteiger partial charge >= 0.3 is 5.51 Å². The molecular weight excluding hydrogens is 411 g/mol. The van der Waals surface area contributed by atoms with Crippen LogP contribution in [0.3, 0.4) is 0 Å². The maximum absolute atomic E-state index is 12.6. The molecule has 0 bridgehead atoms. The molecule has 0 aliphatic carbocycles. The first-order valence-electron chi connectivity index (χ1n) is 9.30. The van der Waals surface area contributed by atoms with E-state index in [1.807, 2.05) is 9.80 Å². The highest BCUT2D eigenvalue weighted by Crippen LogP contribution is 2.30. The molecule has 0 aromatic heterocycles. The summed E-state index contributed by atoms with van der Waals surface area (Å²) in [4.78, 5) is 29.2. The first-order valence-corrected chi connectivity index (χ1v) is 10.8. The van der Waals surface area contributed by atoms with E-state index in [1.165, 1.54) is 0 Å². The smallest absolute Gasteiger partial charge is 0.342 e. The second-order valence-electron chi connectivity index (χ2n) is 7.13. The summed E-state index contributed by atoms with van der Waals surface area (Å²) in [5.41, 5.74) is -5.27. The van der Waals surface area contributed by atoms with Crippen LogP contribution in [0.2, 0.25) is 0 Å². The molecule has 1 aromatic rings. The lowest BCUT2D eigenvalue weighted by Crippen LogP contribution is -2.51. The van der Waals surface area contributed by atoms with E-state index >= 15 is 0 Å². The third-order valence-electron chi connectivity index (χ3n) is 5.19. The minimum Gasteiger partial charge on any atom is -0.342 e. The van der Waals surface area contributed by atoms with E-state index in [0.717, 1.165) is 50.2 Å². The van der Waals surface area contributed by atoms with Crippen LogP contribution in [0.1, 0.15) is 23.2 Å². The minimum atomic E-state index is -5.44. The Morgan fingerprint density at radius 3 is 1.93 bits per heavy atom. The zero-order chi connectivity index (χ0) is 21.2. The van der Waals surface area contributed by atoms with Gasteiger partial charge in [0.2, 0.25) is 5.91 Å². The number of hydrogen-bond acceptors (Lipinski definition) is 5. The van der Waals surface area contributed by atoms with Crippen LogP contribution in [-0.4, -0.2) is 86.3 Å². The third kappa shape index (κ3) is 4.72. The number of hydrogen-bond donors (Lipinski definition) is 0. The van der Waals surface area contributed by atoms with Crippen LogP contribution < -0.4 is 0 Å². The number of rotatable bonds is 4. The number of halogens is 3. The summed E-state index contributed by atoms with van der Waals surface area (Å²) in [5.74, 6) is -0.296. The highest BCUT2D eigenvalue weighted by molar-refractivity contribution is 7.92. The Bertz CT molecular complexity index is 857. The topological polar surface area (TPSA) is 78.0 Å². The van der Waals surface area contributed by atoms with E-state index in [0.29, 0.717) is 32.7 Å². The molecular formula is C18H22F3N3O4S. The van der Waals surface area contributed by atoms with Gasteiger partial charge < -0.3 is 9.80 Å². The van der Waals surface area contributed by atoms with E-state index < -0.39 is 20.2 Å². The van der Waals surface area contributed by atoms with Gasteiger partial charge in [-0.15, -0.1) is 0 Å². The standard InChI is InChI=1S/C18H22F3N3O4S/c19-18(20,21)29(27,28)15-5-3-14(4-6-15)17(26)24-11-9-22(10-12-24)13-16(25)23-7-1-2-8-23/h3-6H,1-2,7-13H2. The Labute approximate surface area is 167 Å². The quantitative estimate of drug-likeness (QED) is 0.717. The lowest BCUT2D eigenvalue weighted by Gasteiger charge is -2.35. The normalized spacial score (nSPS) is 18.9. The van der Waals surface area contributed by atoms with Crippen molar-refractivity contribution >= 4 is 21.7 Å². The zero-order valence-corrected chi connectivity index (χ0v) is 16.5. The fourth-order valence-electron chi connectivity index (χ4n) is 3.46. The molecule has 160 valence electrons. The summed E-state index contributed by atoms with van der Waals surface area (Å²) in [5, 5.41) is 0. The third-order valence-corrected chi connectivity index (χ3v) is 6.70. The van der Waals surface area contributed by atoms with E-state index in [1.54, 1.807) is 4.90 Å². The van der Waals surface area contributed by atoms with Crippen molar-refractivity contribution in [2.75, 3.05) is 45.8 Å². The molecule has 0 atom stereocenters. The number of benzene rings is 1. The molecule has 11 heteroatoms. The predicted molar refractivity (Wildman–Crippen MR) is 97.8 cm³/mol. The average Bonchev–Trinajstić information content (AvgIpc) is 3.22. The van der Waals surface area contributed by atoms with Crippen LogP contribution in [0.25, 0.3) is 0 Å². The molecule has 2 aliphatic heterocycles. The first kappa shape index (κ1) is 21.6. The second-order valence-corrected chi connectivity index (χ2v) is 9.07. The predicted octanol–water partition coefficient (Wildman–Crippen LogP) is 1.36. The van der Waals surface area contributed by atoms with Crippen molar-refractivity contribution in [3.63, 3.8) is 0 Å². The summed E-state index contributed by atoms with van der Waals surface area (Å²) in [6, 6.07) is 3.76. The van der Waals surface area contributed by atoms with Crippen LogP contribution in [0.4, 0.5) is 13.2 Å². The summed E-state index contributed by atoms with van der Waals surface area (Å²) in [6.07, 6.45) is 2.05. The molecule has 2 saturated heterocycles. The fraction of sp³-hybridized carbons (Fsp3) is 0.556. The molecule has 3 rings (SSSR count). The zero-order valence-electron chi connectivity index (χ0n) is 15.7. The highest BCUT2D eigenvalue weighted by atomic mass is 32.2. The SMILES string of the molecule is O=C(CN1CCN(C(=O)c2ccc(S(=O)(=O)C(F)(F)F)cc2)CC1)N1CCCC1. The molecule has 0 radical (unpaired) electrons. The van der Waals surface area contributed by atoms with Crippen molar-refractivity contribution in [3.05, 3.63) is 29.8 Å². The van der Waals surface area contributed by atoms with Gasteiger partial charge in [0.1, 0.15) is 0 Å². The van der Waals surface area contributed by atoms with Crippen molar-refractivity contribution in [2.45, 2.75) is 23.2 Å². The monoisotopic (exact) mass is 433 g/mol. The van der Waals surface area contributed by atoms with Crippen LogP contribution in [0, 0.1) is 0 Å². The number of carbonyl (C=O) groups excluding carboxylic acids is 2. The van der Waals surface area contributed by atoms with E-state index in [4.69, 9.17) is 0 Å². The lowest BCUT2D eigenvalue weighted by atomic mass is 10.2. The van der Waals surface area contributed by atoms with Crippen LogP contribution in [-0.2, 0) is 14.6 Å². The summed E-state index contributed by atoms with van der Waals surface area (Å²) in [7, 11) is -5.44. The fourth-order valence-corrected chi connectivity index (χ4v) is 4.22. The number of alkyl halides is 3. The Hall–Kier alpha value is -2.14. The molecule has 7 nitrogen and oxygen atoms in total. The number of nitrogens with zero attached hydrogens (tertiary/aromatic N) is 3. The van der Waals surface area contributed by atoms with Gasteiger partial charge in [-0.2, -0.15) is 13.2 Å². The summed E-state index contributed by atoms with van der Waals surface area (Å²) >= 11 is 0. The Kier molecular flexibility index (Phi) is 6.18. The maximum Gasteiger partial charge on any atom is 0.501 e. The molecule has 2 heterocycles. The van der Waals surface area contributed by atoms with Crippen molar-refractivity contribution in [2.24, 2.45) is 0 Å². The van der Waals surface area contributed by atoms with Crippen LogP contribution >= 0.6 is 0 Å². The summed E-state index contributed by atoms with van der Waals surface area (Å²) in [6.45, 7) is 3.70. The molecule has 0 unspecified atom stereocenters. The molecule has 1 aromatic carbocycles. The van der Waals surface area contributed by atoms with Crippen molar-refractivity contribution < 1.29 is 31.2 Å². The van der Waals surface area contributed by atoms with Gasteiger partial charge in [0.25, 0.3) is 15.7 Å². The molecule has 2 fully saturated rings. The van der Waals surface area contributed by atoms with Gasteiger partial charge in [-0.05, 0) is 37.1 Å². The van der Waals surface area contributed by atoms with Crippen molar-refractivity contribution in [1.82, 2.24) is 14.7 Å². The van der Waals surface area contributed by atoms with Gasteiger partial charge in [-0.3, -0.25) is 14.5 Å². The molecule has 2 aliphatic rings. The maximum atomic E-state index is 12.6. The number of sulfone groups is 1. The van der Waals surface area contributed by atoms with Gasteiger partial charge in [0.15, 0.2) is 0 Å². The van der Waals surface area contributed by atoms with Gasteiger partial charge in [-0.1, -0.05) is 0 Å². The molecule has 0 saturated carbocycles. The van der Waals surface area contributed by atoms with Crippen LogP contribution in [0.15, 0.2) is 29.2 Å². The second kappa shape index (κ2) is 8.31. The lowest BCUT2D eigenvalue weighted by molar-refractivity contribution is -0.131. The van der Waals surface area contributed by atoms with Crippen molar-refractivity contribution in [1.29, 1.82) is 0 Å². The number of amides is 2. The average molecular weight is 433 g/mol. The summed E-state index contributed by atoms with van der Waals surface area (Å²) < 4.78 is 60.6.